The molecule has 0 amide bonds. The smallest absolute Gasteiger partial charge is 0.270 e. The first-order valence-corrected chi connectivity index (χ1v) is 6.95. The first-order valence-electron chi connectivity index (χ1n) is 5.75. The highest BCUT2D eigenvalue weighted by atomic mass is 35.5. The van der Waals surface area contributed by atoms with E-state index in [1.54, 1.807) is 4.57 Å². The molecule has 0 fully saturated rings. The van der Waals surface area contributed by atoms with E-state index in [9.17, 15) is 4.79 Å². The fourth-order valence-corrected chi connectivity index (χ4v) is 3.09. The van der Waals surface area contributed by atoms with Gasteiger partial charge in [-0.25, -0.2) is 0 Å². The first-order chi connectivity index (χ1) is 8.74. The third-order valence-electron chi connectivity index (χ3n) is 2.84. The van der Waals surface area contributed by atoms with Crippen molar-refractivity contribution in [3.8, 4) is 0 Å². The molecule has 0 saturated carbocycles. The van der Waals surface area contributed by atoms with Gasteiger partial charge in [-0.2, -0.15) is 0 Å². The van der Waals surface area contributed by atoms with Gasteiger partial charge in [0, 0.05) is 18.1 Å². The molecule has 5 heteroatoms. The van der Waals surface area contributed by atoms with Crippen LogP contribution in [0.15, 0.2) is 34.1 Å². The fraction of sp³-hybridized carbons (Fsp3) is 0.231. The van der Waals surface area contributed by atoms with Crippen LogP contribution in [0.5, 0.6) is 0 Å². The highest BCUT2D eigenvalue weighted by molar-refractivity contribution is 7.07. The third kappa shape index (κ3) is 2.13. The minimum atomic E-state index is 0.0633. The van der Waals surface area contributed by atoms with Gasteiger partial charge in [0.25, 0.3) is 5.56 Å². The minimum absolute atomic E-state index is 0.0633. The number of halogens is 1. The monoisotopic (exact) mass is 278 g/mol. The molecule has 1 aliphatic rings. The average Bonchev–Trinajstić information content (AvgIpc) is 2.70. The number of nitrogens with zero attached hydrogens (tertiary/aromatic N) is 2. The number of aromatic nitrogens is 1. The van der Waals surface area contributed by atoms with Gasteiger partial charge in [-0.3, -0.25) is 14.4 Å². The van der Waals surface area contributed by atoms with E-state index < -0.39 is 0 Å². The SMILES string of the molecule is O=c1/c(=C/c2ccc(Cl)cc2)sc2n1CCCN=2. The van der Waals surface area contributed by atoms with Gasteiger partial charge in [0.05, 0.1) is 4.53 Å². The van der Waals surface area contributed by atoms with Crippen molar-refractivity contribution >= 4 is 29.0 Å². The zero-order valence-corrected chi connectivity index (χ0v) is 11.2. The van der Waals surface area contributed by atoms with Gasteiger partial charge in [-0.15, -0.1) is 0 Å². The Balaban J connectivity index is 2.16. The topological polar surface area (TPSA) is 34.4 Å². The van der Waals surface area contributed by atoms with Crippen LogP contribution in [0.25, 0.3) is 6.08 Å². The van der Waals surface area contributed by atoms with Crippen molar-refractivity contribution in [2.45, 2.75) is 13.0 Å². The van der Waals surface area contributed by atoms with Crippen molar-refractivity contribution in [2.75, 3.05) is 6.54 Å². The maximum atomic E-state index is 12.1. The predicted octanol–water partition coefficient (Wildman–Crippen LogP) is 1.42. The summed E-state index contributed by atoms with van der Waals surface area (Å²) in [4.78, 5) is 17.4. The van der Waals surface area contributed by atoms with Crippen LogP contribution in [0.1, 0.15) is 12.0 Å². The Kier molecular flexibility index (Phi) is 3.06. The van der Waals surface area contributed by atoms with Gasteiger partial charge < -0.3 is 0 Å². The molecule has 0 N–H and O–H groups in total. The molecule has 0 bridgehead atoms. The fourth-order valence-electron chi connectivity index (χ4n) is 1.94. The molecule has 0 atom stereocenters. The highest BCUT2D eigenvalue weighted by Gasteiger charge is 2.08. The molecule has 2 aromatic rings. The molecule has 2 heterocycles. The van der Waals surface area contributed by atoms with E-state index in [1.807, 2.05) is 30.3 Å². The normalized spacial score (nSPS) is 15.3. The molecule has 3 nitrogen and oxygen atoms in total. The Morgan fingerprint density at radius 1 is 1.33 bits per heavy atom. The maximum Gasteiger partial charge on any atom is 0.270 e. The molecule has 0 unspecified atom stereocenters. The zero-order valence-electron chi connectivity index (χ0n) is 9.60. The molecule has 1 aliphatic heterocycles. The lowest BCUT2D eigenvalue weighted by molar-refractivity contribution is 0.573. The van der Waals surface area contributed by atoms with Crippen LogP contribution in [-0.4, -0.2) is 11.1 Å². The molecular weight excluding hydrogens is 268 g/mol. The van der Waals surface area contributed by atoms with Crippen LogP contribution in [0, 0.1) is 0 Å². The van der Waals surface area contributed by atoms with Crippen LogP contribution >= 0.6 is 22.9 Å². The number of rotatable bonds is 1. The van der Waals surface area contributed by atoms with Crippen LogP contribution in [-0.2, 0) is 6.54 Å². The number of hydrogen-bond acceptors (Lipinski definition) is 3. The third-order valence-corrected chi connectivity index (χ3v) is 4.14. The summed E-state index contributed by atoms with van der Waals surface area (Å²) in [5.41, 5.74) is 1.05. The quantitative estimate of drug-likeness (QED) is 0.777. The predicted molar refractivity (Wildman–Crippen MR) is 73.9 cm³/mol. The van der Waals surface area contributed by atoms with Crippen molar-refractivity contribution in [3.05, 3.63) is 54.5 Å². The number of fused-ring (bicyclic) bond motifs is 1. The van der Waals surface area contributed by atoms with E-state index in [-0.39, 0.29) is 5.56 Å². The van der Waals surface area contributed by atoms with E-state index in [4.69, 9.17) is 11.6 Å². The standard InChI is InChI=1S/C13H11ClN2OS/c14-10-4-2-9(3-5-10)8-11-12(17)16-7-1-6-15-13(16)18-11/h2-5,8H,1,6-7H2/b11-8-. The van der Waals surface area contributed by atoms with E-state index >= 15 is 0 Å². The maximum absolute atomic E-state index is 12.1. The highest BCUT2D eigenvalue weighted by Crippen LogP contribution is 2.09. The molecule has 0 saturated heterocycles. The van der Waals surface area contributed by atoms with Gasteiger partial charge in [0.15, 0.2) is 4.80 Å². The van der Waals surface area contributed by atoms with Crippen LogP contribution in [0.4, 0.5) is 0 Å². The van der Waals surface area contributed by atoms with E-state index in [0.717, 1.165) is 34.4 Å². The van der Waals surface area contributed by atoms with Crippen molar-refractivity contribution in [2.24, 2.45) is 4.99 Å². The molecule has 18 heavy (non-hydrogen) atoms. The molecule has 0 radical (unpaired) electrons. The van der Waals surface area contributed by atoms with Crippen LogP contribution in [0.3, 0.4) is 0 Å². The summed E-state index contributed by atoms with van der Waals surface area (Å²) < 4.78 is 2.49. The van der Waals surface area contributed by atoms with Gasteiger partial charge in [0.1, 0.15) is 0 Å². The van der Waals surface area contributed by atoms with E-state index in [0.29, 0.717) is 5.02 Å². The Labute approximate surface area is 113 Å². The summed E-state index contributed by atoms with van der Waals surface area (Å²) in [6.07, 6.45) is 2.84. The van der Waals surface area contributed by atoms with Crippen LogP contribution < -0.4 is 14.9 Å². The summed E-state index contributed by atoms with van der Waals surface area (Å²) in [5.74, 6) is 0. The summed E-state index contributed by atoms with van der Waals surface area (Å²) in [5, 5.41) is 0.698. The van der Waals surface area contributed by atoms with Crippen molar-refractivity contribution in [1.82, 2.24) is 4.57 Å². The van der Waals surface area contributed by atoms with Gasteiger partial charge in [0.2, 0.25) is 0 Å². The Morgan fingerprint density at radius 3 is 2.83 bits per heavy atom. The number of hydrogen-bond donors (Lipinski definition) is 0. The molecule has 1 aromatic heterocycles. The number of benzene rings is 1. The lowest BCUT2D eigenvalue weighted by atomic mass is 10.2. The summed E-state index contributed by atoms with van der Waals surface area (Å²) in [7, 11) is 0. The van der Waals surface area contributed by atoms with E-state index in [2.05, 4.69) is 4.99 Å². The molecule has 0 aliphatic carbocycles. The molecule has 1 aromatic carbocycles. The lowest BCUT2D eigenvalue weighted by Crippen LogP contribution is -2.33. The van der Waals surface area contributed by atoms with E-state index in [1.165, 1.54) is 11.3 Å². The second kappa shape index (κ2) is 4.71. The Morgan fingerprint density at radius 2 is 2.11 bits per heavy atom. The largest absolute Gasteiger partial charge is 0.284 e. The lowest BCUT2D eigenvalue weighted by Gasteiger charge is -2.03. The van der Waals surface area contributed by atoms with Crippen molar-refractivity contribution in [1.29, 1.82) is 0 Å². The second-order valence-corrected chi connectivity index (χ2v) is 5.58. The van der Waals surface area contributed by atoms with Gasteiger partial charge in [-0.1, -0.05) is 35.1 Å². The van der Waals surface area contributed by atoms with Crippen molar-refractivity contribution < 1.29 is 0 Å². The van der Waals surface area contributed by atoms with Crippen LogP contribution in [0.2, 0.25) is 5.02 Å². The zero-order chi connectivity index (χ0) is 12.5. The van der Waals surface area contributed by atoms with Gasteiger partial charge >= 0.3 is 0 Å². The summed E-state index contributed by atoms with van der Waals surface area (Å²) >= 11 is 7.29. The second-order valence-electron chi connectivity index (χ2n) is 4.14. The average molecular weight is 279 g/mol. The summed E-state index contributed by atoms with van der Waals surface area (Å²) in [6, 6.07) is 7.45. The van der Waals surface area contributed by atoms with Gasteiger partial charge in [-0.05, 0) is 30.2 Å². The number of thiazole rings is 1. The molecule has 3 rings (SSSR count). The molecular formula is C13H11ClN2OS. The first kappa shape index (κ1) is 11.7. The Bertz CT molecular complexity index is 743. The summed E-state index contributed by atoms with van der Waals surface area (Å²) in [6.45, 7) is 1.60. The molecule has 92 valence electrons. The Hall–Kier alpha value is -1.39. The molecule has 0 spiro atoms. The van der Waals surface area contributed by atoms with Crippen molar-refractivity contribution in [3.63, 3.8) is 0 Å². The minimum Gasteiger partial charge on any atom is -0.284 e.